The van der Waals surface area contributed by atoms with E-state index in [1.807, 2.05) is 25.2 Å². The first-order chi connectivity index (χ1) is 15.5. The van der Waals surface area contributed by atoms with E-state index in [-0.39, 0.29) is 18.2 Å². The van der Waals surface area contributed by atoms with Gasteiger partial charge in [-0.25, -0.2) is 0 Å². The number of amides is 2. The van der Waals surface area contributed by atoms with Gasteiger partial charge in [0.05, 0.1) is 39.9 Å². The van der Waals surface area contributed by atoms with Gasteiger partial charge in [-0.3, -0.25) is 19.4 Å². The highest BCUT2D eigenvalue weighted by atomic mass is 16.5. The van der Waals surface area contributed by atoms with Crippen LogP contribution in [0.3, 0.4) is 0 Å². The average Bonchev–Trinajstić information content (AvgIpc) is 2.81. The molecule has 0 unspecified atom stereocenters. The molecule has 0 spiro atoms. The molecule has 2 saturated heterocycles. The van der Waals surface area contributed by atoms with Crippen LogP contribution in [0, 0.1) is 0 Å². The first-order valence-corrected chi connectivity index (χ1v) is 11.3. The van der Waals surface area contributed by atoms with Gasteiger partial charge in [-0.05, 0) is 12.5 Å². The molecule has 1 aromatic carbocycles. The van der Waals surface area contributed by atoms with Crippen LogP contribution >= 0.6 is 0 Å². The fourth-order valence-corrected chi connectivity index (χ4v) is 4.27. The van der Waals surface area contributed by atoms with Crippen LogP contribution in [0.5, 0.6) is 11.5 Å². The van der Waals surface area contributed by atoms with Crippen molar-refractivity contribution >= 4 is 11.8 Å². The monoisotopic (exact) mass is 448 g/mol. The van der Waals surface area contributed by atoms with Crippen LogP contribution in [0.4, 0.5) is 0 Å². The Balaban J connectivity index is 1.58. The summed E-state index contributed by atoms with van der Waals surface area (Å²) in [5, 5.41) is 2.90. The molecule has 0 bridgehead atoms. The van der Waals surface area contributed by atoms with E-state index < -0.39 is 6.04 Å². The van der Waals surface area contributed by atoms with Crippen LogP contribution in [-0.2, 0) is 20.9 Å². The van der Waals surface area contributed by atoms with Gasteiger partial charge in [-0.15, -0.1) is 0 Å². The maximum absolute atomic E-state index is 12.9. The zero-order valence-electron chi connectivity index (χ0n) is 19.5. The number of nitrogens with one attached hydrogen (secondary N) is 1. The number of methoxy groups -OCH3 is 2. The maximum atomic E-state index is 12.9. The molecule has 2 fully saturated rings. The molecule has 178 valence electrons. The molecule has 0 saturated carbocycles. The minimum Gasteiger partial charge on any atom is -0.493 e. The van der Waals surface area contributed by atoms with Gasteiger partial charge in [-0.2, -0.15) is 0 Å². The third kappa shape index (κ3) is 6.34. The lowest BCUT2D eigenvalue weighted by Crippen LogP contribution is -2.56. The maximum Gasteiger partial charge on any atom is 0.237 e. The van der Waals surface area contributed by atoms with E-state index in [1.54, 1.807) is 19.1 Å². The van der Waals surface area contributed by atoms with Crippen molar-refractivity contribution in [2.24, 2.45) is 0 Å². The molecular weight excluding hydrogens is 412 g/mol. The molecule has 2 aliphatic heterocycles. The normalized spacial score (nSPS) is 20.0. The van der Waals surface area contributed by atoms with Crippen molar-refractivity contribution in [1.29, 1.82) is 0 Å². The van der Waals surface area contributed by atoms with Crippen molar-refractivity contribution in [1.82, 2.24) is 20.0 Å². The lowest BCUT2D eigenvalue weighted by atomic mass is 10.1. The number of piperazine rings is 1. The number of nitrogens with zero attached hydrogens (tertiary/aromatic N) is 3. The number of carbonyl (C=O) groups excluding carboxylic acids is 2. The Hall–Kier alpha value is -2.36. The number of hydrogen-bond acceptors (Lipinski definition) is 7. The van der Waals surface area contributed by atoms with Crippen molar-refractivity contribution in [2.75, 3.05) is 73.7 Å². The highest BCUT2D eigenvalue weighted by Crippen LogP contribution is 2.32. The van der Waals surface area contributed by atoms with Gasteiger partial charge in [0.25, 0.3) is 0 Å². The fraction of sp³-hybridized carbons (Fsp3) is 0.652. The first-order valence-electron chi connectivity index (χ1n) is 11.3. The van der Waals surface area contributed by atoms with E-state index in [2.05, 4.69) is 15.1 Å². The second kappa shape index (κ2) is 12.0. The van der Waals surface area contributed by atoms with Gasteiger partial charge in [0.15, 0.2) is 11.5 Å². The van der Waals surface area contributed by atoms with Crippen molar-refractivity contribution in [3.05, 3.63) is 23.8 Å². The average molecular weight is 449 g/mol. The number of benzene rings is 1. The summed E-state index contributed by atoms with van der Waals surface area (Å²) in [7, 11) is 5.03. The Labute approximate surface area is 190 Å². The molecule has 2 amide bonds. The van der Waals surface area contributed by atoms with Crippen molar-refractivity contribution < 1.29 is 23.8 Å². The van der Waals surface area contributed by atoms with Crippen LogP contribution in [-0.4, -0.2) is 106 Å². The highest BCUT2D eigenvalue weighted by molar-refractivity contribution is 5.88. The second-order valence-electron chi connectivity index (χ2n) is 8.26. The molecule has 3 rings (SSSR count). The minimum atomic E-state index is -0.506. The van der Waals surface area contributed by atoms with Crippen molar-refractivity contribution in [2.45, 2.75) is 25.4 Å². The van der Waals surface area contributed by atoms with E-state index in [0.717, 1.165) is 44.8 Å². The summed E-state index contributed by atoms with van der Waals surface area (Å²) in [6, 6.07) is 5.21. The number of ether oxygens (including phenoxy) is 3. The SMILES string of the molecule is COc1cccc(CN2CCNC(=O)[C@@H]2CC(=O)N(C)CCCN2CCOCC2)c1OC. The number of rotatable bonds is 10. The topological polar surface area (TPSA) is 83.6 Å². The van der Waals surface area contributed by atoms with E-state index in [9.17, 15) is 9.59 Å². The molecule has 0 aromatic heterocycles. The summed E-state index contributed by atoms with van der Waals surface area (Å²) in [6.45, 7) is 6.81. The molecule has 9 nitrogen and oxygen atoms in total. The number of para-hydroxylation sites is 1. The summed E-state index contributed by atoms with van der Waals surface area (Å²) < 4.78 is 16.3. The molecule has 2 aliphatic rings. The Bertz CT molecular complexity index is 769. The lowest BCUT2D eigenvalue weighted by molar-refractivity contribution is -0.138. The summed E-state index contributed by atoms with van der Waals surface area (Å²) in [4.78, 5) is 31.7. The smallest absolute Gasteiger partial charge is 0.237 e. The summed E-state index contributed by atoms with van der Waals surface area (Å²) in [5.41, 5.74) is 0.929. The minimum absolute atomic E-state index is 0.0170. The molecule has 2 heterocycles. The predicted molar refractivity (Wildman–Crippen MR) is 121 cm³/mol. The Morgan fingerprint density at radius 1 is 1.22 bits per heavy atom. The molecule has 1 aromatic rings. The fourth-order valence-electron chi connectivity index (χ4n) is 4.27. The van der Waals surface area contributed by atoms with Crippen molar-refractivity contribution in [3.8, 4) is 11.5 Å². The van der Waals surface area contributed by atoms with Gasteiger partial charge in [0, 0.05) is 58.4 Å². The standard InChI is InChI=1S/C23H36N4O5/c1-25(9-5-10-26-12-14-32-15-13-26)21(28)16-19-23(29)24-8-11-27(19)17-18-6-4-7-20(30-2)22(18)31-3/h4,6-7,19H,5,8-17H2,1-3H3,(H,24,29)/t19-/m0/s1. The molecule has 1 N–H and O–H groups in total. The quantitative estimate of drug-likeness (QED) is 0.560. The van der Waals surface area contributed by atoms with Crippen LogP contribution in [0.15, 0.2) is 18.2 Å². The predicted octanol–water partition coefficient (Wildman–Crippen LogP) is 0.575. The zero-order chi connectivity index (χ0) is 22.9. The van der Waals surface area contributed by atoms with E-state index >= 15 is 0 Å². The van der Waals surface area contributed by atoms with Crippen LogP contribution < -0.4 is 14.8 Å². The Kier molecular flexibility index (Phi) is 9.13. The molecule has 0 radical (unpaired) electrons. The van der Waals surface area contributed by atoms with E-state index in [0.29, 0.717) is 37.7 Å². The van der Waals surface area contributed by atoms with Crippen LogP contribution in [0.1, 0.15) is 18.4 Å². The van der Waals surface area contributed by atoms with Gasteiger partial charge >= 0.3 is 0 Å². The number of morpholine rings is 1. The van der Waals surface area contributed by atoms with Gasteiger partial charge < -0.3 is 24.4 Å². The van der Waals surface area contributed by atoms with Crippen LogP contribution in [0.2, 0.25) is 0 Å². The molecule has 9 heteroatoms. The molecular formula is C23H36N4O5. The molecule has 0 aliphatic carbocycles. The van der Waals surface area contributed by atoms with E-state index in [4.69, 9.17) is 14.2 Å². The molecule has 32 heavy (non-hydrogen) atoms. The third-order valence-corrected chi connectivity index (χ3v) is 6.16. The van der Waals surface area contributed by atoms with Gasteiger partial charge in [0.2, 0.25) is 11.8 Å². The van der Waals surface area contributed by atoms with E-state index in [1.165, 1.54) is 0 Å². The number of hydrogen-bond donors (Lipinski definition) is 1. The highest BCUT2D eigenvalue weighted by Gasteiger charge is 2.33. The lowest BCUT2D eigenvalue weighted by Gasteiger charge is -2.35. The molecule has 1 atom stereocenters. The van der Waals surface area contributed by atoms with Gasteiger partial charge in [-0.1, -0.05) is 12.1 Å². The second-order valence-corrected chi connectivity index (χ2v) is 8.26. The Morgan fingerprint density at radius 3 is 2.72 bits per heavy atom. The largest absolute Gasteiger partial charge is 0.493 e. The van der Waals surface area contributed by atoms with Crippen molar-refractivity contribution in [3.63, 3.8) is 0 Å². The zero-order valence-corrected chi connectivity index (χ0v) is 19.5. The van der Waals surface area contributed by atoms with Crippen LogP contribution in [0.25, 0.3) is 0 Å². The summed E-state index contributed by atoms with van der Waals surface area (Å²) in [5.74, 6) is 1.19. The number of carbonyl (C=O) groups is 2. The third-order valence-electron chi connectivity index (χ3n) is 6.16. The van der Waals surface area contributed by atoms with Gasteiger partial charge in [0.1, 0.15) is 0 Å². The summed E-state index contributed by atoms with van der Waals surface area (Å²) >= 11 is 0. The first kappa shape index (κ1) is 24.3. The Morgan fingerprint density at radius 2 is 2.00 bits per heavy atom. The summed E-state index contributed by atoms with van der Waals surface area (Å²) in [6.07, 6.45) is 1.07.